The predicted molar refractivity (Wildman–Crippen MR) is 79.4 cm³/mol. The molecule has 108 valence electrons. The van der Waals surface area contributed by atoms with Crippen molar-refractivity contribution in [2.75, 3.05) is 38.1 Å². The minimum absolute atomic E-state index is 0. The van der Waals surface area contributed by atoms with Crippen molar-refractivity contribution >= 4 is 36.4 Å². The van der Waals surface area contributed by atoms with E-state index in [4.69, 9.17) is 0 Å². The second-order valence-electron chi connectivity index (χ2n) is 3.98. The van der Waals surface area contributed by atoms with Crippen LogP contribution in [0.3, 0.4) is 0 Å². The van der Waals surface area contributed by atoms with Crippen LogP contribution in [-0.2, 0) is 0 Å². The first-order valence-corrected chi connectivity index (χ1v) is 5.69. The summed E-state index contributed by atoms with van der Waals surface area (Å²) >= 11 is 0. The van der Waals surface area contributed by atoms with E-state index < -0.39 is 0 Å². The Labute approximate surface area is 124 Å². The Morgan fingerprint density at radius 3 is 2.47 bits per heavy atom. The summed E-state index contributed by atoms with van der Waals surface area (Å²) in [6.07, 6.45) is 0. The molecule has 0 saturated carbocycles. The second kappa shape index (κ2) is 8.19. The molecule has 4 nitrogen and oxygen atoms in total. The predicted octanol–water partition coefficient (Wildman–Crippen LogP) is 1.44. The van der Waals surface area contributed by atoms with Crippen LogP contribution in [0.4, 0.5) is 10.1 Å². The van der Waals surface area contributed by atoms with Gasteiger partial charge in [0.15, 0.2) is 0 Å². The van der Waals surface area contributed by atoms with Crippen molar-refractivity contribution in [3.8, 4) is 0 Å². The summed E-state index contributed by atoms with van der Waals surface area (Å²) in [5.41, 5.74) is 0.919. The van der Waals surface area contributed by atoms with Crippen LogP contribution < -0.4 is 15.5 Å². The van der Waals surface area contributed by atoms with Crippen LogP contribution >= 0.6 is 24.8 Å². The van der Waals surface area contributed by atoms with Crippen molar-refractivity contribution in [3.05, 3.63) is 29.6 Å². The number of halogens is 3. The largest absolute Gasteiger partial charge is 0.367 e. The molecule has 1 heterocycles. The molecule has 1 aliphatic rings. The molecule has 1 amide bonds. The number of carbonyl (C=O) groups is 1. The first kappa shape index (κ1) is 18.0. The Morgan fingerprint density at radius 1 is 1.32 bits per heavy atom. The number of anilines is 1. The van der Waals surface area contributed by atoms with Crippen LogP contribution in [0, 0.1) is 5.82 Å². The number of benzene rings is 1. The molecule has 0 radical (unpaired) electrons. The molecule has 0 aromatic heterocycles. The second-order valence-corrected chi connectivity index (χ2v) is 3.98. The zero-order chi connectivity index (χ0) is 12.3. The highest BCUT2D eigenvalue weighted by Gasteiger charge is 2.15. The molecule has 0 spiro atoms. The van der Waals surface area contributed by atoms with Crippen molar-refractivity contribution < 1.29 is 9.18 Å². The van der Waals surface area contributed by atoms with Gasteiger partial charge in [0, 0.05) is 38.8 Å². The third kappa shape index (κ3) is 4.23. The van der Waals surface area contributed by atoms with Crippen molar-refractivity contribution in [2.24, 2.45) is 0 Å². The maximum Gasteiger partial charge on any atom is 0.251 e. The standard InChI is InChI=1S/C12H16FN3O.2ClH/c1-14-12(17)9-2-3-11(10(13)8-9)16-6-4-15-5-7-16;;/h2-3,8,15H,4-7H2,1H3,(H,14,17);2*1H. The molecule has 7 heteroatoms. The zero-order valence-electron chi connectivity index (χ0n) is 10.6. The highest BCUT2D eigenvalue weighted by atomic mass is 35.5. The van der Waals surface area contributed by atoms with Crippen molar-refractivity contribution in [1.29, 1.82) is 0 Å². The molecule has 2 N–H and O–H groups in total. The van der Waals surface area contributed by atoms with Gasteiger partial charge in [-0.2, -0.15) is 0 Å². The van der Waals surface area contributed by atoms with Gasteiger partial charge in [0.05, 0.1) is 5.69 Å². The summed E-state index contributed by atoms with van der Waals surface area (Å²) in [6, 6.07) is 4.61. The van der Waals surface area contributed by atoms with Crippen molar-refractivity contribution in [3.63, 3.8) is 0 Å². The van der Waals surface area contributed by atoms with Crippen molar-refractivity contribution in [2.45, 2.75) is 0 Å². The van der Waals surface area contributed by atoms with Crippen LogP contribution in [0.2, 0.25) is 0 Å². The summed E-state index contributed by atoms with van der Waals surface area (Å²) in [5, 5.41) is 5.69. The summed E-state index contributed by atoms with van der Waals surface area (Å²) in [5.74, 6) is -0.608. The van der Waals surface area contributed by atoms with E-state index in [9.17, 15) is 9.18 Å². The third-order valence-corrected chi connectivity index (χ3v) is 2.89. The molecule has 2 rings (SSSR count). The fraction of sp³-hybridized carbons (Fsp3) is 0.417. The molecule has 1 aliphatic heterocycles. The van der Waals surface area contributed by atoms with Crippen LogP contribution in [0.15, 0.2) is 18.2 Å². The zero-order valence-corrected chi connectivity index (χ0v) is 12.2. The van der Waals surface area contributed by atoms with Crippen LogP contribution in [0.25, 0.3) is 0 Å². The molecule has 0 bridgehead atoms. The number of nitrogens with zero attached hydrogens (tertiary/aromatic N) is 1. The normalized spacial score (nSPS) is 14.1. The van der Waals surface area contributed by atoms with E-state index in [0.29, 0.717) is 11.3 Å². The smallest absolute Gasteiger partial charge is 0.251 e. The minimum Gasteiger partial charge on any atom is -0.367 e. The van der Waals surface area contributed by atoms with Gasteiger partial charge in [-0.15, -0.1) is 24.8 Å². The molecular formula is C12H18Cl2FN3O. The van der Waals surface area contributed by atoms with Crippen molar-refractivity contribution in [1.82, 2.24) is 10.6 Å². The molecule has 0 atom stereocenters. The van der Waals surface area contributed by atoms with Gasteiger partial charge in [-0.3, -0.25) is 4.79 Å². The van der Waals surface area contributed by atoms with E-state index >= 15 is 0 Å². The topological polar surface area (TPSA) is 44.4 Å². The maximum atomic E-state index is 13.9. The Kier molecular flexibility index (Phi) is 7.75. The average Bonchev–Trinajstić information content (AvgIpc) is 2.38. The number of nitrogens with one attached hydrogen (secondary N) is 2. The lowest BCUT2D eigenvalue weighted by atomic mass is 10.1. The first-order chi connectivity index (χ1) is 8.22. The SMILES string of the molecule is CNC(=O)c1ccc(N2CCNCC2)c(F)c1.Cl.Cl. The van der Waals surface area contributed by atoms with E-state index in [1.807, 2.05) is 4.90 Å². The number of amides is 1. The maximum absolute atomic E-state index is 13.9. The van der Waals surface area contributed by atoms with E-state index in [-0.39, 0.29) is 36.5 Å². The van der Waals surface area contributed by atoms with Gasteiger partial charge in [-0.25, -0.2) is 4.39 Å². The Hall–Kier alpha value is -1.04. The third-order valence-electron chi connectivity index (χ3n) is 2.89. The van der Waals surface area contributed by atoms with Gasteiger partial charge in [0.2, 0.25) is 0 Å². The van der Waals surface area contributed by atoms with E-state index in [2.05, 4.69) is 10.6 Å². The van der Waals surface area contributed by atoms with Gasteiger partial charge in [0.25, 0.3) is 5.91 Å². The highest BCUT2D eigenvalue weighted by Crippen LogP contribution is 2.20. The highest BCUT2D eigenvalue weighted by molar-refractivity contribution is 5.94. The van der Waals surface area contributed by atoms with Gasteiger partial charge in [0.1, 0.15) is 5.82 Å². The molecule has 0 unspecified atom stereocenters. The molecule has 0 aliphatic carbocycles. The lowest BCUT2D eigenvalue weighted by Crippen LogP contribution is -2.43. The van der Waals surface area contributed by atoms with Crippen LogP contribution in [0.1, 0.15) is 10.4 Å². The summed E-state index contributed by atoms with van der Waals surface area (Å²) in [7, 11) is 1.53. The van der Waals surface area contributed by atoms with Crippen LogP contribution in [-0.4, -0.2) is 39.1 Å². The van der Waals surface area contributed by atoms with Gasteiger partial charge >= 0.3 is 0 Å². The molecule has 19 heavy (non-hydrogen) atoms. The fourth-order valence-electron chi connectivity index (χ4n) is 1.95. The van der Waals surface area contributed by atoms with Gasteiger partial charge < -0.3 is 15.5 Å². The summed E-state index contributed by atoms with van der Waals surface area (Å²) < 4.78 is 13.9. The molecule has 1 saturated heterocycles. The lowest BCUT2D eigenvalue weighted by molar-refractivity contribution is 0.0962. The number of piperazine rings is 1. The monoisotopic (exact) mass is 309 g/mol. The average molecular weight is 310 g/mol. The Balaban J connectivity index is 0.00000162. The Morgan fingerprint density at radius 2 is 1.95 bits per heavy atom. The summed E-state index contributed by atoms with van der Waals surface area (Å²) in [4.78, 5) is 13.3. The number of hydrogen-bond acceptors (Lipinski definition) is 3. The quantitative estimate of drug-likeness (QED) is 0.869. The summed E-state index contributed by atoms with van der Waals surface area (Å²) in [6.45, 7) is 3.29. The molecule has 1 aromatic rings. The number of rotatable bonds is 2. The van der Waals surface area contributed by atoms with E-state index in [1.165, 1.54) is 13.1 Å². The number of hydrogen-bond donors (Lipinski definition) is 2. The fourth-order valence-corrected chi connectivity index (χ4v) is 1.95. The minimum atomic E-state index is -0.340. The van der Waals surface area contributed by atoms with Gasteiger partial charge in [-0.05, 0) is 18.2 Å². The lowest BCUT2D eigenvalue weighted by Gasteiger charge is -2.29. The van der Waals surface area contributed by atoms with E-state index in [1.54, 1.807) is 12.1 Å². The Bertz CT molecular complexity index is 425. The van der Waals surface area contributed by atoms with Crippen LogP contribution in [0.5, 0.6) is 0 Å². The van der Waals surface area contributed by atoms with E-state index in [0.717, 1.165) is 26.2 Å². The molecular weight excluding hydrogens is 292 g/mol. The van der Waals surface area contributed by atoms with Gasteiger partial charge in [-0.1, -0.05) is 0 Å². The first-order valence-electron chi connectivity index (χ1n) is 5.69. The molecule has 1 aromatic carbocycles. The number of carbonyl (C=O) groups excluding carboxylic acids is 1. The molecule has 1 fully saturated rings.